The van der Waals surface area contributed by atoms with Gasteiger partial charge in [0, 0.05) is 47.0 Å². The van der Waals surface area contributed by atoms with E-state index in [9.17, 15) is 24.3 Å². The second kappa shape index (κ2) is 24.0. The first kappa shape index (κ1) is 49.7. The average molecular weight is 829 g/mol. The standard InChI is InChI=1S/C44H76N8O7/c1-13-30(6)40(50(10)44(57)38(28(2)3)46-43(56)39(29(4)5)49(8)9)36(58-11)25-37(54)52-22-17-20-35(52)41(59-12)31(7)42(55)45-34(24-32-18-15-14-16-19-32)27-51-26-33(21-23-53)47-48-51/h15,18-19,26,28-31,34-36,38-41,53H,13-14,16-17,20-25,27H2,1-12H3,(H,45,55)(H,46,56)/t30-,31?,34+,35?,36+,38+,39+,40-,41?/m0/s1. The quantitative estimate of drug-likeness (QED) is 0.140. The largest absolute Gasteiger partial charge is 0.396 e. The Balaban J connectivity index is 1.79. The topological polar surface area (TPSA) is 171 Å². The predicted molar refractivity (Wildman–Crippen MR) is 229 cm³/mol. The Bertz CT molecular complexity index is 1550. The molecule has 2 aliphatic rings. The molecule has 4 amide bonds. The minimum Gasteiger partial charge on any atom is -0.396 e. The van der Waals surface area contributed by atoms with Gasteiger partial charge in [0.2, 0.25) is 23.6 Å². The van der Waals surface area contributed by atoms with Gasteiger partial charge in [0.05, 0.1) is 61.0 Å². The number of hydrogen-bond acceptors (Lipinski definition) is 10. The summed E-state index contributed by atoms with van der Waals surface area (Å²) in [5.41, 5.74) is 1.83. The maximum absolute atomic E-state index is 14.4. The van der Waals surface area contributed by atoms with Gasteiger partial charge in [-0.15, -0.1) is 5.10 Å². The van der Waals surface area contributed by atoms with Crippen molar-refractivity contribution in [2.75, 3.05) is 48.5 Å². The summed E-state index contributed by atoms with van der Waals surface area (Å²) in [6.45, 7) is 14.7. The van der Waals surface area contributed by atoms with Crippen molar-refractivity contribution in [1.82, 2.24) is 40.3 Å². The van der Waals surface area contributed by atoms with Crippen molar-refractivity contribution in [3.63, 3.8) is 0 Å². The predicted octanol–water partition coefficient (Wildman–Crippen LogP) is 3.61. The van der Waals surface area contributed by atoms with E-state index >= 15 is 0 Å². The smallest absolute Gasteiger partial charge is 0.245 e. The number of aromatic nitrogens is 3. The van der Waals surface area contributed by atoms with Crippen LogP contribution in [0, 0.1) is 23.7 Å². The first-order valence-electron chi connectivity index (χ1n) is 21.7. The van der Waals surface area contributed by atoms with E-state index in [0.29, 0.717) is 38.0 Å². The van der Waals surface area contributed by atoms with Crippen LogP contribution in [0.2, 0.25) is 0 Å². The minimum absolute atomic E-state index is 0.0215. The molecule has 3 N–H and O–H groups in total. The number of ether oxygens (including phenoxy) is 2. The lowest BCUT2D eigenvalue weighted by molar-refractivity contribution is -0.148. The SMILES string of the molecule is CC[C@H](C)[C@@H]([C@@H](CC(=O)N1CCCC1C(OC)C(C)C(=O)N[C@H](CC1=CCCC=C1)Cn1cc(CCO)nn1)OC)N(C)C(=O)[C@H](NC(=O)[C@@H](C(C)C)N(C)C)C(C)C. The zero-order chi connectivity index (χ0) is 44.0. The number of hydrogen-bond donors (Lipinski definition) is 3. The summed E-state index contributed by atoms with van der Waals surface area (Å²) in [7, 11) is 8.63. The summed E-state index contributed by atoms with van der Waals surface area (Å²) in [5, 5.41) is 24.1. The van der Waals surface area contributed by atoms with Crippen molar-refractivity contribution in [3.8, 4) is 0 Å². The van der Waals surface area contributed by atoms with Gasteiger partial charge in [0.15, 0.2) is 0 Å². The number of likely N-dealkylation sites (tertiary alicyclic amines) is 1. The maximum Gasteiger partial charge on any atom is 0.245 e. The van der Waals surface area contributed by atoms with E-state index in [1.165, 1.54) is 0 Å². The number of aliphatic hydroxyl groups excluding tert-OH is 1. The molecule has 1 aliphatic carbocycles. The molecule has 1 saturated heterocycles. The lowest BCUT2D eigenvalue weighted by Crippen LogP contribution is -2.59. The molecule has 1 fully saturated rings. The Kier molecular flexibility index (Phi) is 20.2. The van der Waals surface area contributed by atoms with E-state index in [1.807, 2.05) is 58.5 Å². The average Bonchev–Trinajstić information content (AvgIpc) is 3.86. The van der Waals surface area contributed by atoms with Crippen LogP contribution in [0.4, 0.5) is 0 Å². The third kappa shape index (κ3) is 13.7. The fourth-order valence-corrected chi connectivity index (χ4v) is 8.89. The zero-order valence-corrected chi connectivity index (χ0v) is 38.0. The summed E-state index contributed by atoms with van der Waals surface area (Å²) in [5.74, 6) is -1.47. The van der Waals surface area contributed by atoms with Crippen molar-refractivity contribution in [3.05, 3.63) is 35.7 Å². The molecule has 334 valence electrons. The highest BCUT2D eigenvalue weighted by Crippen LogP contribution is 2.30. The van der Waals surface area contributed by atoms with Crippen LogP contribution in [0.1, 0.15) is 99.1 Å². The van der Waals surface area contributed by atoms with Gasteiger partial charge < -0.3 is 35.0 Å². The Morgan fingerprint density at radius 3 is 2.25 bits per heavy atom. The highest BCUT2D eigenvalue weighted by molar-refractivity contribution is 5.90. The van der Waals surface area contributed by atoms with Crippen LogP contribution in [0.25, 0.3) is 0 Å². The molecule has 3 unspecified atom stereocenters. The Hall–Kier alpha value is -3.66. The number of aliphatic hydroxyl groups is 1. The molecule has 1 aliphatic heterocycles. The van der Waals surface area contributed by atoms with Gasteiger partial charge in [0.1, 0.15) is 6.04 Å². The maximum atomic E-state index is 14.4. The van der Waals surface area contributed by atoms with Crippen molar-refractivity contribution >= 4 is 23.6 Å². The molecule has 59 heavy (non-hydrogen) atoms. The number of nitrogens with zero attached hydrogens (tertiary/aromatic N) is 6. The summed E-state index contributed by atoms with van der Waals surface area (Å²) in [6.07, 6.45) is 12.2. The molecule has 3 rings (SSSR count). The van der Waals surface area contributed by atoms with Gasteiger partial charge in [-0.1, -0.05) is 83.9 Å². The molecule has 0 bridgehead atoms. The van der Waals surface area contributed by atoms with E-state index < -0.39 is 36.3 Å². The van der Waals surface area contributed by atoms with Crippen LogP contribution in [0.15, 0.2) is 30.0 Å². The minimum atomic E-state index is -0.762. The summed E-state index contributed by atoms with van der Waals surface area (Å²) in [4.78, 5) is 61.6. The zero-order valence-electron chi connectivity index (χ0n) is 38.0. The summed E-state index contributed by atoms with van der Waals surface area (Å²) >= 11 is 0. The number of rotatable bonds is 24. The Morgan fingerprint density at radius 2 is 1.69 bits per heavy atom. The van der Waals surface area contributed by atoms with Crippen LogP contribution in [-0.4, -0.2) is 149 Å². The van der Waals surface area contributed by atoms with E-state index in [4.69, 9.17) is 9.47 Å². The molecule has 1 aromatic heterocycles. The molecule has 0 radical (unpaired) electrons. The van der Waals surface area contributed by atoms with E-state index in [1.54, 1.807) is 37.0 Å². The van der Waals surface area contributed by atoms with Crippen LogP contribution in [0.3, 0.4) is 0 Å². The molecule has 0 saturated carbocycles. The number of allylic oxidation sites excluding steroid dienone is 3. The number of methoxy groups -OCH3 is 2. The fraction of sp³-hybridized carbons (Fsp3) is 0.773. The van der Waals surface area contributed by atoms with Crippen LogP contribution >= 0.6 is 0 Å². The molecule has 15 heteroatoms. The van der Waals surface area contributed by atoms with Gasteiger partial charge in [-0.3, -0.25) is 28.8 Å². The molecule has 0 aromatic carbocycles. The van der Waals surface area contributed by atoms with Gasteiger partial charge in [-0.2, -0.15) is 0 Å². The number of amides is 4. The fourth-order valence-electron chi connectivity index (χ4n) is 8.89. The van der Waals surface area contributed by atoms with Gasteiger partial charge in [-0.05, 0) is 64.0 Å². The van der Waals surface area contributed by atoms with Crippen molar-refractivity contribution in [2.45, 2.75) is 149 Å². The monoisotopic (exact) mass is 829 g/mol. The molecule has 15 nitrogen and oxygen atoms in total. The van der Waals surface area contributed by atoms with Crippen LogP contribution in [0.5, 0.6) is 0 Å². The summed E-state index contributed by atoms with van der Waals surface area (Å²) < 4.78 is 13.8. The molecular weight excluding hydrogens is 753 g/mol. The molecule has 1 aromatic rings. The molecule has 9 atom stereocenters. The highest BCUT2D eigenvalue weighted by atomic mass is 16.5. The lowest BCUT2D eigenvalue weighted by atomic mass is 9.89. The van der Waals surface area contributed by atoms with Crippen LogP contribution in [-0.2, 0) is 41.6 Å². The van der Waals surface area contributed by atoms with E-state index in [2.05, 4.69) is 53.0 Å². The van der Waals surface area contributed by atoms with Crippen molar-refractivity contribution < 1.29 is 33.8 Å². The molecule has 2 heterocycles. The van der Waals surface area contributed by atoms with Gasteiger partial charge >= 0.3 is 0 Å². The third-order valence-electron chi connectivity index (χ3n) is 12.2. The first-order valence-corrected chi connectivity index (χ1v) is 21.7. The van der Waals surface area contributed by atoms with E-state index in [-0.39, 0.29) is 66.5 Å². The number of carbonyl (C=O) groups excluding carboxylic acids is 4. The van der Waals surface area contributed by atoms with Crippen molar-refractivity contribution in [1.29, 1.82) is 0 Å². The number of likely N-dealkylation sites (N-methyl/N-ethyl adjacent to an activating group) is 2. The second-order valence-electron chi connectivity index (χ2n) is 17.5. The van der Waals surface area contributed by atoms with Gasteiger partial charge in [0.25, 0.3) is 0 Å². The Morgan fingerprint density at radius 1 is 0.983 bits per heavy atom. The lowest BCUT2D eigenvalue weighted by Gasteiger charge is -2.41. The first-order chi connectivity index (χ1) is 28.0. The van der Waals surface area contributed by atoms with E-state index in [0.717, 1.165) is 31.3 Å². The number of nitrogens with one attached hydrogen (secondary N) is 2. The second-order valence-corrected chi connectivity index (χ2v) is 17.5. The third-order valence-corrected chi connectivity index (χ3v) is 12.2. The van der Waals surface area contributed by atoms with Gasteiger partial charge in [-0.25, -0.2) is 0 Å². The van der Waals surface area contributed by atoms with Crippen LogP contribution < -0.4 is 10.6 Å². The highest BCUT2D eigenvalue weighted by Gasteiger charge is 2.43. The Labute approximate surface area is 353 Å². The molecular formula is C44H76N8O7. The molecule has 0 spiro atoms. The summed E-state index contributed by atoms with van der Waals surface area (Å²) in [6, 6.07) is -2.23. The van der Waals surface area contributed by atoms with Crippen molar-refractivity contribution in [2.24, 2.45) is 23.7 Å². The number of carbonyl (C=O) groups is 4. The normalized spacial score (nSPS) is 19.8.